The number of amides is 1. The minimum atomic E-state index is -0.528. The molecule has 0 spiro atoms. The predicted octanol–water partition coefficient (Wildman–Crippen LogP) is 3.47. The van der Waals surface area contributed by atoms with Gasteiger partial charge >= 0.3 is 0 Å². The van der Waals surface area contributed by atoms with Gasteiger partial charge in [-0.2, -0.15) is 0 Å². The highest BCUT2D eigenvalue weighted by atomic mass is 79.9. The number of nitrogens with one attached hydrogen (secondary N) is 1. The van der Waals surface area contributed by atoms with Crippen molar-refractivity contribution in [1.29, 1.82) is 0 Å². The summed E-state index contributed by atoms with van der Waals surface area (Å²) >= 11 is 3.16. The average Bonchev–Trinajstić information content (AvgIpc) is 2.58. The molecule has 1 N–H and O–H groups in total. The highest BCUT2D eigenvalue weighted by molar-refractivity contribution is 9.10. The highest BCUT2D eigenvalue weighted by Gasteiger charge is 2.09. The van der Waals surface area contributed by atoms with Gasteiger partial charge in [-0.25, -0.2) is 9.37 Å². The van der Waals surface area contributed by atoms with E-state index in [0.29, 0.717) is 17.0 Å². The van der Waals surface area contributed by atoms with Crippen LogP contribution in [-0.2, 0) is 11.3 Å². The van der Waals surface area contributed by atoms with Crippen molar-refractivity contribution in [2.75, 3.05) is 13.2 Å². The van der Waals surface area contributed by atoms with Gasteiger partial charge in [0.15, 0.2) is 18.2 Å². The lowest BCUT2D eigenvalue weighted by atomic mass is 10.2. The first kappa shape index (κ1) is 18.2. The standard InChI is InChI=1S/C17H18BrFN2O3/c1-2-8-23-17-12(4-3-7-20-17)10-21-16(22)11-24-15-6-5-13(18)9-14(15)19/h3-7,9H,2,8,10-11H2,1H3,(H,21,22). The van der Waals surface area contributed by atoms with Crippen LogP contribution in [0.15, 0.2) is 41.0 Å². The summed E-state index contributed by atoms with van der Waals surface area (Å²) in [6.07, 6.45) is 2.50. The van der Waals surface area contributed by atoms with E-state index in [0.717, 1.165) is 12.0 Å². The van der Waals surface area contributed by atoms with E-state index in [1.807, 2.05) is 13.0 Å². The Kier molecular flexibility index (Phi) is 6.99. The number of carbonyl (C=O) groups excluding carboxylic acids is 1. The largest absolute Gasteiger partial charge is 0.481 e. The fourth-order valence-electron chi connectivity index (χ4n) is 1.87. The highest BCUT2D eigenvalue weighted by Crippen LogP contribution is 2.21. The zero-order valence-electron chi connectivity index (χ0n) is 13.2. The van der Waals surface area contributed by atoms with Crippen molar-refractivity contribution in [3.05, 3.63) is 52.4 Å². The molecule has 0 aliphatic heterocycles. The molecular formula is C17H18BrFN2O3. The van der Waals surface area contributed by atoms with Gasteiger partial charge in [0.25, 0.3) is 5.91 Å². The second kappa shape index (κ2) is 9.22. The summed E-state index contributed by atoms with van der Waals surface area (Å²) in [5.41, 5.74) is 0.772. The molecule has 0 fully saturated rings. The first-order valence-electron chi connectivity index (χ1n) is 7.51. The van der Waals surface area contributed by atoms with Crippen LogP contribution in [0.25, 0.3) is 0 Å². The Hall–Kier alpha value is -2.15. The van der Waals surface area contributed by atoms with E-state index in [9.17, 15) is 9.18 Å². The molecule has 2 rings (SSSR count). The molecule has 0 aliphatic carbocycles. The number of hydrogen-bond donors (Lipinski definition) is 1. The van der Waals surface area contributed by atoms with E-state index < -0.39 is 5.82 Å². The Labute approximate surface area is 148 Å². The van der Waals surface area contributed by atoms with E-state index >= 15 is 0 Å². The molecule has 1 heterocycles. The molecule has 0 bridgehead atoms. The third kappa shape index (κ3) is 5.49. The predicted molar refractivity (Wildman–Crippen MR) is 91.5 cm³/mol. The number of rotatable bonds is 8. The Morgan fingerprint density at radius 2 is 2.17 bits per heavy atom. The monoisotopic (exact) mass is 396 g/mol. The van der Waals surface area contributed by atoms with Crippen LogP contribution >= 0.6 is 15.9 Å². The van der Waals surface area contributed by atoms with Gasteiger partial charge < -0.3 is 14.8 Å². The molecule has 1 amide bonds. The Morgan fingerprint density at radius 1 is 1.33 bits per heavy atom. The van der Waals surface area contributed by atoms with Crippen molar-refractivity contribution in [1.82, 2.24) is 10.3 Å². The first-order chi connectivity index (χ1) is 11.6. The number of aromatic nitrogens is 1. The second-order valence-electron chi connectivity index (χ2n) is 4.96. The normalized spacial score (nSPS) is 10.3. The fraction of sp³-hybridized carbons (Fsp3) is 0.294. The molecule has 0 radical (unpaired) electrons. The van der Waals surface area contributed by atoms with Crippen molar-refractivity contribution in [3.8, 4) is 11.6 Å². The van der Waals surface area contributed by atoms with Gasteiger partial charge in [0.1, 0.15) is 0 Å². The maximum Gasteiger partial charge on any atom is 0.258 e. The van der Waals surface area contributed by atoms with Crippen molar-refractivity contribution < 1.29 is 18.7 Å². The summed E-state index contributed by atoms with van der Waals surface area (Å²) in [7, 11) is 0. The minimum Gasteiger partial charge on any atom is -0.481 e. The molecule has 0 unspecified atom stereocenters. The Balaban J connectivity index is 1.85. The lowest BCUT2D eigenvalue weighted by Crippen LogP contribution is -2.28. The van der Waals surface area contributed by atoms with Crippen LogP contribution in [-0.4, -0.2) is 24.1 Å². The lowest BCUT2D eigenvalue weighted by Gasteiger charge is -2.11. The number of ether oxygens (including phenoxy) is 2. The smallest absolute Gasteiger partial charge is 0.258 e. The van der Waals surface area contributed by atoms with Crippen LogP contribution in [0.1, 0.15) is 18.9 Å². The molecule has 0 saturated carbocycles. The number of halogens is 2. The van der Waals surface area contributed by atoms with E-state index in [4.69, 9.17) is 9.47 Å². The molecular weight excluding hydrogens is 379 g/mol. The molecule has 0 saturated heterocycles. The molecule has 5 nitrogen and oxygen atoms in total. The van der Waals surface area contributed by atoms with Crippen LogP contribution in [0, 0.1) is 5.82 Å². The lowest BCUT2D eigenvalue weighted by molar-refractivity contribution is -0.123. The molecule has 0 aliphatic rings. The zero-order chi connectivity index (χ0) is 17.4. The quantitative estimate of drug-likeness (QED) is 0.741. The summed E-state index contributed by atoms with van der Waals surface area (Å²) < 4.78 is 24.9. The molecule has 7 heteroatoms. The molecule has 128 valence electrons. The van der Waals surface area contributed by atoms with Crippen molar-refractivity contribution in [2.24, 2.45) is 0 Å². The maximum atomic E-state index is 13.6. The third-order valence-corrected chi connectivity index (χ3v) is 3.51. The van der Waals surface area contributed by atoms with Crippen molar-refractivity contribution in [2.45, 2.75) is 19.9 Å². The molecule has 1 aromatic carbocycles. The first-order valence-corrected chi connectivity index (χ1v) is 8.30. The Bertz CT molecular complexity index is 697. The minimum absolute atomic E-state index is 0.0293. The maximum absolute atomic E-state index is 13.6. The summed E-state index contributed by atoms with van der Waals surface area (Å²) in [5, 5.41) is 2.70. The molecule has 1 aromatic heterocycles. The van der Waals surface area contributed by atoms with E-state index in [1.165, 1.54) is 12.1 Å². The van der Waals surface area contributed by atoms with E-state index in [1.54, 1.807) is 18.3 Å². The van der Waals surface area contributed by atoms with Gasteiger partial charge in [-0.1, -0.05) is 28.9 Å². The fourth-order valence-corrected chi connectivity index (χ4v) is 2.20. The van der Waals surface area contributed by atoms with Crippen molar-refractivity contribution >= 4 is 21.8 Å². The zero-order valence-corrected chi connectivity index (χ0v) is 14.8. The molecule has 0 atom stereocenters. The van der Waals surface area contributed by atoms with Crippen molar-refractivity contribution in [3.63, 3.8) is 0 Å². The average molecular weight is 397 g/mol. The molecule has 2 aromatic rings. The SMILES string of the molecule is CCCOc1ncccc1CNC(=O)COc1ccc(Br)cc1F. The summed E-state index contributed by atoms with van der Waals surface area (Å²) in [4.78, 5) is 16.0. The van der Waals surface area contributed by atoms with Gasteiger partial charge in [0, 0.05) is 22.8 Å². The summed E-state index contributed by atoms with van der Waals surface area (Å²) in [5.74, 6) is -0.358. The Morgan fingerprint density at radius 3 is 2.92 bits per heavy atom. The van der Waals surface area contributed by atoms with Crippen LogP contribution in [0.2, 0.25) is 0 Å². The van der Waals surface area contributed by atoms with Gasteiger partial charge in [-0.3, -0.25) is 4.79 Å². The van der Waals surface area contributed by atoms with Crippen LogP contribution < -0.4 is 14.8 Å². The van der Waals surface area contributed by atoms with Crippen LogP contribution in [0.4, 0.5) is 4.39 Å². The van der Waals surface area contributed by atoms with Gasteiger partial charge in [-0.15, -0.1) is 0 Å². The van der Waals surface area contributed by atoms with E-state index in [-0.39, 0.29) is 24.8 Å². The number of hydrogen-bond acceptors (Lipinski definition) is 4. The van der Waals surface area contributed by atoms with Gasteiger partial charge in [-0.05, 0) is 30.7 Å². The summed E-state index contributed by atoms with van der Waals surface area (Å²) in [6, 6.07) is 7.98. The van der Waals surface area contributed by atoms with Gasteiger partial charge in [0.2, 0.25) is 5.88 Å². The van der Waals surface area contributed by atoms with Crippen LogP contribution in [0.5, 0.6) is 11.6 Å². The van der Waals surface area contributed by atoms with Gasteiger partial charge in [0.05, 0.1) is 6.61 Å². The third-order valence-electron chi connectivity index (χ3n) is 3.02. The van der Waals surface area contributed by atoms with E-state index in [2.05, 4.69) is 26.2 Å². The topological polar surface area (TPSA) is 60.5 Å². The van der Waals surface area contributed by atoms with Crippen LogP contribution in [0.3, 0.4) is 0 Å². The number of carbonyl (C=O) groups is 1. The molecule has 24 heavy (non-hydrogen) atoms. The number of nitrogens with zero attached hydrogens (tertiary/aromatic N) is 1. The number of benzene rings is 1. The summed E-state index contributed by atoms with van der Waals surface area (Å²) in [6.45, 7) is 2.55. The number of pyridine rings is 1. The second-order valence-corrected chi connectivity index (χ2v) is 5.87.